The van der Waals surface area contributed by atoms with Gasteiger partial charge in [0.05, 0.1) is 11.7 Å². The van der Waals surface area contributed by atoms with Crippen LogP contribution in [0.15, 0.2) is 4.99 Å². The van der Waals surface area contributed by atoms with Crippen molar-refractivity contribution in [2.75, 3.05) is 19.6 Å². The second-order valence-electron chi connectivity index (χ2n) is 7.91. The maximum absolute atomic E-state index is 6.12. The van der Waals surface area contributed by atoms with E-state index in [9.17, 15) is 0 Å². The van der Waals surface area contributed by atoms with Crippen LogP contribution in [0.25, 0.3) is 0 Å². The van der Waals surface area contributed by atoms with Crippen LogP contribution in [0.2, 0.25) is 0 Å². The standard InChI is InChI=1S/C17H33N3O/c1-13-6-5-9-20(12-13)16(18)19-8-7-14-10-15(11-14)21-17(2,3)4/h13-15H,5-12H2,1-4H3,(H2,18,19). The number of piperidine rings is 1. The second-order valence-corrected chi connectivity index (χ2v) is 7.91. The number of hydrogen-bond donors (Lipinski definition) is 1. The van der Waals surface area contributed by atoms with Crippen molar-refractivity contribution in [1.29, 1.82) is 0 Å². The Balaban J connectivity index is 1.62. The number of rotatable bonds is 4. The van der Waals surface area contributed by atoms with Gasteiger partial charge < -0.3 is 15.4 Å². The van der Waals surface area contributed by atoms with Gasteiger partial charge in [-0.1, -0.05) is 6.92 Å². The third-order valence-corrected chi connectivity index (χ3v) is 4.50. The van der Waals surface area contributed by atoms with Crippen molar-refractivity contribution in [3.63, 3.8) is 0 Å². The number of nitrogens with two attached hydrogens (primary N) is 1. The minimum absolute atomic E-state index is 0.0107. The number of hydrogen-bond acceptors (Lipinski definition) is 2. The van der Waals surface area contributed by atoms with E-state index in [0.29, 0.717) is 6.10 Å². The van der Waals surface area contributed by atoms with Crippen molar-refractivity contribution in [2.45, 2.75) is 71.5 Å². The van der Waals surface area contributed by atoms with Crippen LogP contribution >= 0.6 is 0 Å². The second kappa shape index (κ2) is 6.99. The van der Waals surface area contributed by atoms with Crippen LogP contribution in [0, 0.1) is 11.8 Å². The van der Waals surface area contributed by atoms with Gasteiger partial charge >= 0.3 is 0 Å². The van der Waals surface area contributed by atoms with E-state index in [4.69, 9.17) is 10.5 Å². The van der Waals surface area contributed by atoms with Crippen LogP contribution < -0.4 is 5.73 Å². The van der Waals surface area contributed by atoms with Crippen LogP contribution in [-0.4, -0.2) is 42.2 Å². The Morgan fingerprint density at radius 2 is 2.05 bits per heavy atom. The van der Waals surface area contributed by atoms with E-state index < -0.39 is 0 Å². The molecule has 1 unspecified atom stereocenters. The molecule has 2 N–H and O–H groups in total. The molecule has 2 fully saturated rings. The zero-order valence-electron chi connectivity index (χ0n) is 14.3. The maximum atomic E-state index is 6.12. The van der Waals surface area contributed by atoms with Gasteiger partial charge in [0.25, 0.3) is 0 Å². The molecule has 0 radical (unpaired) electrons. The van der Waals surface area contributed by atoms with Gasteiger partial charge in [-0.3, -0.25) is 4.99 Å². The lowest BCUT2D eigenvalue weighted by molar-refractivity contribution is -0.112. The molecule has 0 bridgehead atoms. The van der Waals surface area contributed by atoms with Gasteiger partial charge in [-0.05, 0) is 64.7 Å². The van der Waals surface area contributed by atoms with Gasteiger partial charge in [-0.25, -0.2) is 0 Å². The highest BCUT2D eigenvalue weighted by Gasteiger charge is 2.32. The molecule has 1 atom stereocenters. The summed E-state index contributed by atoms with van der Waals surface area (Å²) < 4.78 is 5.97. The van der Waals surface area contributed by atoms with Crippen LogP contribution in [0.3, 0.4) is 0 Å². The number of likely N-dealkylation sites (tertiary alicyclic amines) is 1. The van der Waals surface area contributed by atoms with Gasteiger partial charge in [0, 0.05) is 19.6 Å². The highest BCUT2D eigenvalue weighted by Crippen LogP contribution is 2.35. The fraction of sp³-hybridized carbons (Fsp3) is 0.941. The first-order valence-corrected chi connectivity index (χ1v) is 8.56. The molecule has 0 aromatic heterocycles. The summed E-state index contributed by atoms with van der Waals surface area (Å²) in [5, 5.41) is 0. The first kappa shape index (κ1) is 16.6. The molecule has 1 aliphatic heterocycles. The van der Waals surface area contributed by atoms with Crippen LogP contribution in [0.1, 0.15) is 59.8 Å². The predicted octanol–water partition coefficient (Wildman–Crippen LogP) is 3.02. The molecular weight excluding hydrogens is 262 g/mol. The van der Waals surface area contributed by atoms with E-state index >= 15 is 0 Å². The number of nitrogens with zero attached hydrogens (tertiary/aromatic N) is 2. The fourth-order valence-electron chi connectivity index (χ4n) is 3.37. The average molecular weight is 295 g/mol. The highest BCUT2D eigenvalue weighted by molar-refractivity contribution is 5.78. The largest absolute Gasteiger partial charge is 0.373 e. The lowest BCUT2D eigenvalue weighted by Crippen LogP contribution is -2.43. The molecule has 2 aliphatic rings. The third-order valence-electron chi connectivity index (χ3n) is 4.50. The van der Waals surface area contributed by atoms with Crippen molar-refractivity contribution in [1.82, 2.24) is 4.90 Å². The molecule has 4 heteroatoms. The summed E-state index contributed by atoms with van der Waals surface area (Å²) in [4.78, 5) is 6.83. The Morgan fingerprint density at radius 3 is 2.67 bits per heavy atom. The fourth-order valence-corrected chi connectivity index (χ4v) is 3.37. The van der Waals surface area contributed by atoms with E-state index in [-0.39, 0.29) is 5.60 Å². The van der Waals surface area contributed by atoms with Crippen molar-refractivity contribution in [2.24, 2.45) is 22.6 Å². The van der Waals surface area contributed by atoms with Crippen LogP contribution in [0.5, 0.6) is 0 Å². The van der Waals surface area contributed by atoms with E-state index in [0.717, 1.165) is 43.9 Å². The quantitative estimate of drug-likeness (QED) is 0.640. The monoisotopic (exact) mass is 295 g/mol. The molecular formula is C17H33N3O. The SMILES string of the molecule is CC1CCCN(C(N)=NCCC2CC(OC(C)(C)C)C2)C1. The molecule has 0 aromatic rings. The summed E-state index contributed by atoms with van der Waals surface area (Å²) in [6, 6.07) is 0. The topological polar surface area (TPSA) is 50.8 Å². The summed E-state index contributed by atoms with van der Waals surface area (Å²) in [6.45, 7) is 11.7. The van der Waals surface area contributed by atoms with Crippen LogP contribution in [-0.2, 0) is 4.74 Å². The molecule has 1 saturated carbocycles. The van der Waals surface area contributed by atoms with Gasteiger partial charge in [-0.15, -0.1) is 0 Å². The summed E-state index contributed by atoms with van der Waals surface area (Å²) in [5.41, 5.74) is 6.11. The Bertz CT molecular complexity index is 356. The summed E-state index contributed by atoms with van der Waals surface area (Å²) in [5.74, 6) is 2.27. The first-order chi connectivity index (χ1) is 9.83. The Kier molecular flexibility index (Phi) is 5.53. The zero-order chi connectivity index (χ0) is 15.5. The minimum atomic E-state index is -0.0107. The molecule has 0 amide bonds. The van der Waals surface area contributed by atoms with Crippen molar-refractivity contribution >= 4 is 5.96 Å². The Morgan fingerprint density at radius 1 is 1.33 bits per heavy atom. The molecule has 0 aromatic carbocycles. The number of guanidine groups is 1. The molecule has 4 nitrogen and oxygen atoms in total. The molecule has 1 aliphatic carbocycles. The number of ether oxygens (including phenoxy) is 1. The summed E-state index contributed by atoms with van der Waals surface area (Å²) in [7, 11) is 0. The van der Waals surface area contributed by atoms with E-state index in [2.05, 4.69) is 37.6 Å². The molecule has 0 spiro atoms. The van der Waals surface area contributed by atoms with Gasteiger partial charge in [0.2, 0.25) is 0 Å². The van der Waals surface area contributed by atoms with E-state index in [1.807, 2.05) is 0 Å². The van der Waals surface area contributed by atoms with E-state index in [1.54, 1.807) is 0 Å². The van der Waals surface area contributed by atoms with E-state index in [1.165, 1.54) is 25.7 Å². The minimum Gasteiger partial charge on any atom is -0.373 e. The first-order valence-electron chi connectivity index (χ1n) is 8.56. The zero-order valence-corrected chi connectivity index (χ0v) is 14.3. The summed E-state index contributed by atoms with van der Waals surface area (Å²) >= 11 is 0. The van der Waals surface area contributed by atoms with Crippen molar-refractivity contribution in [3.05, 3.63) is 0 Å². The lowest BCUT2D eigenvalue weighted by Gasteiger charge is -2.39. The lowest BCUT2D eigenvalue weighted by atomic mass is 9.80. The van der Waals surface area contributed by atoms with Crippen LogP contribution in [0.4, 0.5) is 0 Å². The van der Waals surface area contributed by atoms with Gasteiger partial charge in [-0.2, -0.15) is 0 Å². The maximum Gasteiger partial charge on any atom is 0.191 e. The predicted molar refractivity (Wildman–Crippen MR) is 88.4 cm³/mol. The molecule has 1 heterocycles. The molecule has 2 rings (SSSR count). The van der Waals surface area contributed by atoms with Gasteiger partial charge in [0.1, 0.15) is 0 Å². The Labute approximate surface area is 130 Å². The molecule has 1 saturated heterocycles. The third kappa shape index (κ3) is 5.50. The normalized spacial score (nSPS) is 31.1. The smallest absolute Gasteiger partial charge is 0.191 e. The average Bonchev–Trinajstić information content (AvgIpc) is 2.34. The summed E-state index contributed by atoms with van der Waals surface area (Å²) in [6.07, 6.45) is 6.54. The molecule has 21 heavy (non-hydrogen) atoms. The highest BCUT2D eigenvalue weighted by atomic mass is 16.5. The number of aliphatic imine (C=N–C) groups is 1. The molecule has 122 valence electrons. The van der Waals surface area contributed by atoms with Crippen molar-refractivity contribution in [3.8, 4) is 0 Å². The van der Waals surface area contributed by atoms with Crippen molar-refractivity contribution < 1.29 is 4.74 Å². The Hall–Kier alpha value is -0.770. The van der Waals surface area contributed by atoms with Gasteiger partial charge in [0.15, 0.2) is 5.96 Å².